The van der Waals surface area contributed by atoms with Gasteiger partial charge in [-0.25, -0.2) is 0 Å². The Morgan fingerprint density at radius 3 is 2.47 bits per heavy atom. The third-order valence-electron chi connectivity index (χ3n) is 2.07. The van der Waals surface area contributed by atoms with Crippen molar-refractivity contribution in [1.82, 2.24) is 4.98 Å². The maximum Gasteiger partial charge on any atom is 0.0717 e. The van der Waals surface area contributed by atoms with Gasteiger partial charge in [-0.3, -0.25) is 4.98 Å². The summed E-state index contributed by atoms with van der Waals surface area (Å²) >= 11 is 0. The number of nitrogens with one attached hydrogen (secondary N) is 1. The number of aromatic nitrogens is 1. The summed E-state index contributed by atoms with van der Waals surface area (Å²) in [7, 11) is 0. The first-order chi connectivity index (χ1) is 6.97. The molecule has 0 aliphatic heterocycles. The van der Waals surface area contributed by atoms with E-state index in [0.29, 0.717) is 6.54 Å². The molecule has 1 aromatic rings. The van der Waals surface area contributed by atoms with Crippen molar-refractivity contribution in [2.75, 3.05) is 11.9 Å². The Hall–Kier alpha value is -1.09. The van der Waals surface area contributed by atoms with Crippen LogP contribution in [0.3, 0.4) is 0 Å². The fourth-order valence-corrected chi connectivity index (χ4v) is 1.48. The molecule has 2 N–H and O–H groups in total. The zero-order valence-corrected chi connectivity index (χ0v) is 9.70. The normalized spacial score (nSPS) is 13.6. The first-order valence-corrected chi connectivity index (χ1v) is 5.29. The lowest BCUT2D eigenvalue weighted by Gasteiger charge is -2.22. The van der Waals surface area contributed by atoms with Gasteiger partial charge in [-0.1, -0.05) is 20.8 Å². The topological polar surface area (TPSA) is 45.1 Å². The summed E-state index contributed by atoms with van der Waals surface area (Å²) in [5.41, 5.74) is 1.16. The molecule has 0 spiro atoms. The first-order valence-electron chi connectivity index (χ1n) is 5.29. The number of nitrogens with zero attached hydrogens (tertiary/aromatic N) is 1. The summed E-state index contributed by atoms with van der Waals surface area (Å²) in [6.07, 6.45) is 3.96. The van der Waals surface area contributed by atoms with Gasteiger partial charge in [0.15, 0.2) is 0 Å². The van der Waals surface area contributed by atoms with E-state index in [9.17, 15) is 5.11 Å². The van der Waals surface area contributed by atoms with Crippen LogP contribution >= 0.6 is 0 Å². The predicted octanol–water partition coefficient (Wildman–Crippen LogP) is 2.29. The number of aliphatic hydroxyl groups is 1. The third kappa shape index (κ3) is 5.37. The highest BCUT2D eigenvalue weighted by molar-refractivity contribution is 5.40. The van der Waals surface area contributed by atoms with Crippen molar-refractivity contribution < 1.29 is 5.11 Å². The molecule has 0 aliphatic carbocycles. The van der Waals surface area contributed by atoms with Crippen molar-refractivity contribution in [3.8, 4) is 0 Å². The highest BCUT2D eigenvalue weighted by atomic mass is 16.3. The monoisotopic (exact) mass is 208 g/mol. The zero-order chi connectivity index (χ0) is 11.3. The van der Waals surface area contributed by atoms with Crippen molar-refractivity contribution in [2.45, 2.75) is 33.3 Å². The number of rotatable bonds is 4. The van der Waals surface area contributed by atoms with Gasteiger partial charge < -0.3 is 10.4 Å². The average Bonchev–Trinajstić information content (AvgIpc) is 2.14. The summed E-state index contributed by atoms with van der Waals surface area (Å²) in [6, 6.07) is 3.79. The van der Waals surface area contributed by atoms with Crippen LogP contribution in [0, 0.1) is 5.41 Å². The van der Waals surface area contributed by atoms with E-state index in [1.165, 1.54) is 0 Å². The van der Waals surface area contributed by atoms with Crippen molar-refractivity contribution in [1.29, 1.82) is 0 Å². The second-order valence-electron chi connectivity index (χ2n) is 5.04. The van der Waals surface area contributed by atoms with Crippen LogP contribution in [-0.4, -0.2) is 22.7 Å². The average molecular weight is 208 g/mol. The van der Waals surface area contributed by atoms with Gasteiger partial charge in [0.05, 0.1) is 6.10 Å². The molecule has 1 rings (SSSR count). The van der Waals surface area contributed by atoms with Crippen LogP contribution < -0.4 is 5.32 Å². The van der Waals surface area contributed by atoms with Crippen LogP contribution in [0.25, 0.3) is 0 Å². The minimum Gasteiger partial charge on any atom is -0.391 e. The van der Waals surface area contributed by atoms with Gasteiger partial charge in [0.25, 0.3) is 0 Å². The van der Waals surface area contributed by atoms with Crippen LogP contribution in [0.4, 0.5) is 5.69 Å². The summed E-state index contributed by atoms with van der Waals surface area (Å²) in [4.78, 5) is 3.93. The van der Waals surface area contributed by atoms with E-state index < -0.39 is 0 Å². The largest absolute Gasteiger partial charge is 0.391 e. The molecule has 0 aliphatic rings. The SMILES string of the molecule is CC(C)(C)CC(O)CNc1ccncc1. The van der Waals surface area contributed by atoms with E-state index in [-0.39, 0.29) is 11.5 Å². The fourth-order valence-electron chi connectivity index (χ4n) is 1.48. The Balaban J connectivity index is 2.32. The molecule has 1 unspecified atom stereocenters. The molecule has 84 valence electrons. The Morgan fingerprint density at radius 1 is 1.33 bits per heavy atom. The quantitative estimate of drug-likeness (QED) is 0.798. The lowest BCUT2D eigenvalue weighted by atomic mass is 9.89. The fraction of sp³-hybridized carbons (Fsp3) is 0.583. The second-order valence-corrected chi connectivity index (χ2v) is 5.04. The molecular formula is C12H20N2O. The van der Waals surface area contributed by atoms with E-state index >= 15 is 0 Å². The van der Waals surface area contributed by atoms with Crippen molar-refractivity contribution in [3.63, 3.8) is 0 Å². The van der Waals surface area contributed by atoms with E-state index in [4.69, 9.17) is 0 Å². The van der Waals surface area contributed by atoms with E-state index in [2.05, 4.69) is 31.1 Å². The van der Waals surface area contributed by atoms with Gasteiger partial charge in [0.1, 0.15) is 0 Å². The molecule has 0 aromatic carbocycles. The van der Waals surface area contributed by atoms with Crippen LogP contribution in [0.1, 0.15) is 27.2 Å². The van der Waals surface area contributed by atoms with Crippen molar-refractivity contribution in [2.24, 2.45) is 5.41 Å². The standard InChI is InChI=1S/C12H20N2O/c1-12(2,3)8-11(15)9-14-10-4-6-13-7-5-10/h4-7,11,15H,8-9H2,1-3H3,(H,13,14). The van der Waals surface area contributed by atoms with E-state index in [1.54, 1.807) is 12.4 Å². The Labute approximate surface area is 91.5 Å². The summed E-state index contributed by atoms with van der Waals surface area (Å²) in [6.45, 7) is 6.97. The van der Waals surface area contributed by atoms with Crippen molar-refractivity contribution in [3.05, 3.63) is 24.5 Å². The van der Waals surface area contributed by atoms with Crippen LogP contribution in [0.2, 0.25) is 0 Å². The van der Waals surface area contributed by atoms with E-state index in [1.807, 2.05) is 12.1 Å². The van der Waals surface area contributed by atoms with Gasteiger partial charge in [0, 0.05) is 24.6 Å². The van der Waals surface area contributed by atoms with E-state index in [0.717, 1.165) is 12.1 Å². The maximum atomic E-state index is 9.77. The highest BCUT2D eigenvalue weighted by Crippen LogP contribution is 2.20. The number of anilines is 1. The predicted molar refractivity (Wildman–Crippen MR) is 62.8 cm³/mol. The second kappa shape index (κ2) is 5.12. The highest BCUT2D eigenvalue weighted by Gasteiger charge is 2.16. The molecule has 0 amide bonds. The van der Waals surface area contributed by atoms with Gasteiger partial charge in [-0.2, -0.15) is 0 Å². The Kier molecular flexibility index (Phi) is 4.09. The maximum absolute atomic E-state index is 9.77. The minimum absolute atomic E-state index is 0.166. The molecule has 1 aromatic heterocycles. The number of pyridine rings is 1. The summed E-state index contributed by atoms with van der Waals surface area (Å²) in [5.74, 6) is 0. The Morgan fingerprint density at radius 2 is 1.93 bits per heavy atom. The number of hydrogen-bond donors (Lipinski definition) is 2. The molecule has 0 saturated heterocycles. The number of hydrogen-bond acceptors (Lipinski definition) is 3. The molecule has 3 nitrogen and oxygen atoms in total. The first kappa shape index (κ1) is 12.0. The van der Waals surface area contributed by atoms with Crippen LogP contribution in [0.15, 0.2) is 24.5 Å². The van der Waals surface area contributed by atoms with Gasteiger partial charge in [-0.15, -0.1) is 0 Å². The molecule has 0 fully saturated rings. The Bertz CT molecular complexity index is 279. The lowest BCUT2D eigenvalue weighted by Crippen LogP contribution is -2.25. The summed E-state index contributed by atoms with van der Waals surface area (Å²) < 4.78 is 0. The van der Waals surface area contributed by atoms with Crippen LogP contribution in [0.5, 0.6) is 0 Å². The molecule has 1 atom stereocenters. The molecule has 0 radical (unpaired) electrons. The summed E-state index contributed by atoms with van der Waals surface area (Å²) in [5, 5.41) is 12.9. The lowest BCUT2D eigenvalue weighted by molar-refractivity contribution is 0.132. The number of aliphatic hydroxyl groups excluding tert-OH is 1. The molecular weight excluding hydrogens is 188 g/mol. The van der Waals surface area contributed by atoms with Crippen LogP contribution in [-0.2, 0) is 0 Å². The minimum atomic E-state index is -0.307. The molecule has 1 heterocycles. The molecule has 0 saturated carbocycles. The van der Waals surface area contributed by atoms with Gasteiger partial charge in [-0.05, 0) is 24.0 Å². The molecule has 3 heteroatoms. The molecule has 0 bridgehead atoms. The van der Waals surface area contributed by atoms with Crippen molar-refractivity contribution >= 4 is 5.69 Å². The smallest absolute Gasteiger partial charge is 0.0717 e. The van der Waals surface area contributed by atoms with Gasteiger partial charge in [0.2, 0.25) is 0 Å². The zero-order valence-electron chi connectivity index (χ0n) is 9.70. The van der Waals surface area contributed by atoms with Gasteiger partial charge >= 0.3 is 0 Å². The third-order valence-corrected chi connectivity index (χ3v) is 2.07. The molecule has 15 heavy (non-hydrogen) atoms.